The van der Waals surface area contributed by atoms with Crippen LogP contribution in [0.1, 0.15) is 19.5 Å². The first-order chi connectivity index (χ1) is 6.50. The lowest BCUT2D eigenvalue weighted by Gasteiger charge is -2.04. The summed E-state index contributed by atoms with van der Waals surface area (Å²) in [5, 5.41) is 0. The zero-order valence-electron chi connectivity index (χ0n) is 7.89. The maximum Gasteiger partial charge on any atom is 0.0772 e. The summed E-state index contributed by atoms with van der Waals surface area (Å²) in [7, 11) is 0. The highest BCUT2D eigenvalue weighted by atomic mass is 79.9. The van der Waals surface area contributed by atoms with Crippen molar-refractivity contribution in [2.24, 2.45) is 0 Å². The highest BCUT2D eigenvalue weighted by molar-refractivity contribution is 9.11. The second kappa shape index (κ2) is 5.42. The lowest BCUT2D eigenvalue weighted by atomic mass is 10.2. The molecule has 0 spiro atoms. The van der Waals surface area contributed by atoms with Crippen molar-refractivity contribution in [3.63, 3.8) is 0 Å². The van der Waals surface area contributed by atoms with E-state index in [4.69, 9.17) is 0 Å². The number of hydrogen-bond donors (Lipinski definition) is 0. The molecule has 1 rings (SSSR count). The van der Waals surface area contributed by atoms with Crippen molar-refractivity contribution in [3.8, 4) is 0 Å². The summed E-state index contributed by atoms with van der Waals surface area (Å²) < 4.78 is 1.98. The predicted octanol–water partition coefficient (Wildman–Crippen LogP) is 4.79. The van der Waals surface area contributed by atoms with Gasteiger partial charge in [-0.2, -0.15) is 0 Å². The average molecular weight is 384 g/mol. The normalized spacial score (nSPS) is 14.2. The van der Waals surface area contributed by atoms with Gasteiger partial charge in [0, 0.05) is 20.0 Å². The van der Waals surface area contributed by atoms with E-state index in [0.717, 1.165) is 14.6 Å². The van der Waals surface area contributed by atoms with E-state index in [-0.39, 0.29) is 0 Å². The Morgan fingerprint density at radius 2 is 2.14 bits per heavy atom. The Kier molecular flexibility index (Phi) is 4.80. The number of aromatic nitrogens is 1. The van der Waals surface area contributed by atoms with Crippen LogP contribution in [0.25, 0.3) is 6.08 Å². The summed E-state index contributed by atoms with van der Waals surface area (Å²) >= 11 is 10.4. The second-order valence-electron chi connectivity index (χ2n) is 3.02. The molecule has 1 heterocycles. The molecule has 0 aliphatic carbocycles. The van der Waals surface area contributed by atoms with E-state index < -0.39 is 0 Å². The Balaban J connectivity index is 3.03. The van der Waals surface area contributed by atoms with Gasteiger partial charge in [-0.25, -0.2) is 0 Å². The fraction of sp³-hybridized carbons (Fsp3) is 0.300. The second-order valence-corrected chi connectivity index (χ2v) is 6.17. The molecule has 0 fully saturated rings. The summed E-state index contributed by atoms with van der Waals surface area (Å²) in [6, 6.07) is 1.99. The van der Waals surface area contributed by atoms with Crippen molar-refractivity contribution >= 4 is 53.9 Å². The average Bonchev–Trinajstić information content (AvgIpc) is 2.09. The van der Waals surface area contributed by atoms with Crippen LogP contribution in [-0.2, 0) is 0 Å². The van der Waals surface area contributed by atoms with Crippen LogP contribution in [-0.4, -0.2) is 9.81 Å². The third-order valence-corrected chi connectivity index (χ3v) is 3.62. The third kappa shape index (κ3) is 3.48. The van der Waals surface area contributed by atoms with Crippen molar-refractivity contribution < 1.29 is 0 Å². The van der Waals surface area contributed by atoms with Crippen LogP contribution in [0.15, 0.2) is 26.8 Å². The Hall–Kier alpha value is 0.330. The van der Waals surface area contributed by atoms with Crippen LogP contribution in [0.4, 0.5) is 0 Å². The van der Waals surface area contributed by atoms with Gasteiger partial charge in [0.2, 0.25) is 0 Å². The summed E-state index contributed by atoms with van der Waals surface area (Å²) in [6.07, 6.45) is 3.86. The first-order valence-corrected chi connectivity index (χ1v) is 6.64. The zero-order chi connectivity index (χ0) is 10.7. The van der Waals surface area contributed by atoms with Gasteiger partial charge in [0.1, 0.15) is 0 Å². The smallest absolute Gasteiger partial charge is 0.0772 e. The molecule has 4 heteroatoms. The van der Waals surface area contributed by atoms with Gasteiger partial charge in [-0.05, 0) is 57.8 Å². The van der Waals surface area contributed by atoms with Crippen molar-refractivity contribution in [1.29, 1.82) is 0 Å². The predicted molar refractivity (Wildman–Crippen MR) is 71.7 cm³/mol. The molecule has 0 saturated heterocycles. The molecule has 1 aromatic rings. The standard InChI is InChI=1S/C10H10Br3N/c1-6(7(2)11)3-10-9(13)4-8(12)5-14-10/h3-5,7H,1-2H3/b6-3+. The first kappa shape index (κ1) is 12.4. The van der Waals surface area contributed by atoms with E-state index in [1.165, 1.54) is 5.57 Å². The van der Waals surface area contributed by atoms with Crippen LogP contribution in [0, 0.1) is 0 Å². The number of rotatable bonds is 2. The van der Waals surface area contributed by atoms with Crippen molar-refractivity contribution in [3.05, 3.63) is 32.5 Å². The molecule has 1 atom stereocenters. The van der Waals surface area contributed by atoms with E-state index >= 15 is 0 Å². The highest BCUT2D eigenvalue weighted by Crippen LogP contribution is 2.23. The molecule has 0 amide bonds. The van der Waals surface area contributed by atoms with Crippen LogP contribution in [0.3, 0.4) is 0 Å². The summed E-state index contributed by atoms with van der Waals surface area (Å²) in [5.41, 5.74) is 2.21. The summed E-state index contributed by atoms with van der Waals surface area (Å²) in [5.74, 6) is 0. The van der Waals surface area contributed by atoms with E-state index in [2.05, 4.69) is 72.7 Å². The maximum absolute atomic E-state index is 4.31. The van der Waals surface area contributed by atoms with Crippen LogP contribution < -0.4 is 0 Å². The van der Waals surface area contributed by atoms with Gasteiger partial charge in [-0.1, -0.05) is 21.5 Å². The van der Waals surface area contributed by atoms with Gasteiger partial charge in [0.25, 0.3) is 0 Å². The van der Waals surface area contributed by atoms with Gasteiger partial charge in [-0.3, -0.25) is 4.98 Å². The van der Waals surface area contributed by atoms with Crippen LogP contribution in [0.2, 0.25) is 0 Å². The number of allylic oxidation sites excluding steroid dienone is 1. The Morgan fingerprint density at radius 1 is 1.50 bits per heavy atom. The van der Waals surface area contributed by atoms with E-state index in [9.17, 15) is 0 Å². The van der Waals surface area contributed by atoms with Crippen molar-refractivity contribution in [2.75, 3.05) is 0 Å². The molecule has 0 saturated carbocycles. The monoisotopic (exact) mass is 381 g/mol. The fourth-order valence-corrected chi connectivity index (χ4v) is 2.10. The minimum absolute atomic E-state index is 0.375. The molecular formula is C10H10Br3N. The van der Waals surface area contributed by atoms with Gasteiger partial charge in [-0.15, -0.1) is 0 Å². The van der Waals surface area contributed by atoms with Crippen molar-refractivity contribution in [2.45, 2.75) is 18.7 Å². The molecule has 14 heavy (non-hydrogen) atoms. The first-order valence-electron chi connectivity index (χ1n) is 4.14. The molecule has 0 aliphatic rings. The Morgan fingerprint density at radius 3 is 2.64 bits per heavy atom. The Labute approximate surface area is 109 Å². The quantitative estimate of drug-likeness (QED) is 0.669. The molecule has 1 nitrogen and oxygen atoms in total. The summed E-state index contributed by atoms with van der Waals surface area (Å²) in [4.78, 5) is 4.68. The number of nitrogens with zero attached hydrogens (tertiary/aromatic N) is 1. The molecule has 0 radical (unpaired) electrons. The topological polar surface area (TPSA) is 12.9 Å². The van der Waals surface area contributed by atoms with Crippen LogP contribution >= 0.6 is 47.8 Å². The maximum atomic E-state index is 4.31. The van der Waals surface area contributed by atoms with Gasteiger partial charge < -0.3 is 0 Å². The molecule has 1 unspecified atom stereocenters. The lowest BCUT2D eigenvalue weighted by molar-refractivity contribution is 1.14. The highest BCUT2D eigenvalue weighted by Gasteiger charge is 2.02. The van der Waals surface area contributed by atoms with Gasteiger partial charge in [0.05, 0.1) is 5.69 Å². The molecule has 0 aromatic carbocycles. The van der Waals surface area contributed by atoms with Gasteiger partial charge >= 0.3 is 0 Å². The molecular weight excluding hydrogens is 374 g/mol. The minimum Gasteiger partial charge on any atom is -0.255 e. The number of pyridine rings is 1. The summed E-state index contributed by atoms with van der Waals surface area (Å²) in [6.45, 7) is 4.17. The molecule has 0 aliphatic heterocycles. The number of hydrogen-bond acceptors (Lipinski definition) is 1. The molecule has 0 bridgehead atoms. The zero-order valence-corrected chi connectivity index (χ0v) is 12.6. The largest absolute Gasteiger partial charge is 0.255 e. The van der Waals surface area contributed by atoms with Gasteiger partial charge in [0.15, 0.2) is 0 Å². The molecule has 0 N–H and O–H groups in total. The lowest BCUT2D eigenvalue weighted by Crippen LogP contribution is -1.92. The number of alkyl halides is 1. The molecule has 76 valence electrons. The molecule has 1 aromatic heterocycles. The van der Waals surface area contributed by atoms with E-state index in [1.54, 1.807) is 6.20 Å². The fourth-order valence-electron chi connectivity index (χ4n) is 0.862. The number of halogens is 3. The third-order valence-electron chi connectivity index (χ3n) is 1.83. The Bertz CT molecular complexity index is 358. The van der Waals surface area contributed by atoms with Crippen molar-refractivity contribution in [1.82, 2.24) is 4.98 Å². The van der Waals surface area contributed by atoms with Crippen LogP contribution in [0.5, 0.6) is 0 Å². The van der Waals surface area contributed by atoms with E-state index in [0.29, 0.717) is 4.83 Å². The minimum atomic E-state index is 0.375. The SMILES string of the molecule is C/C(=C\c1ncc(Br)cc1Br)C(C)Br. The van der Waals surface area contributed by atoms with E-state index in [1.807, 2.05) is 6.07 Å².